The lowest BCUT2D eigenvalue weighted by Gasteiger charge is -1.98. The summed E-state index contributed by atoms with van der Waals surface area (Å²) >= 11 is 1.78. The predicted molar refractivity (Wildman–Crippen MR) is 80.9 cm³/mol. The molecule has 0 unspecified atom stereocenters. The maximum Gasteiger partial charge on any atom is 0.231 e. The zero-order valence-electron chi connectivity index (χ0n) is 10.3. The van der Waals surface area contributed by atoms with Crippen LogP contribution in [-0.4, -0.2) is 0 Å². The molecule has 2 heteroatoms. The lowest BCUT2D eigenvalue weighted by Crippen LogP contribution is -2.27. The van der Waals surface area contributed by atoms with Crippen molar-refractivity contribution in [2.24, 2.45) is 0 Å². The third-order valence-corrected chi connectivity index (χ3v) is 4.34. The summed E-state index contributed by atoms with van der Waals surface area (Å²) in [6, 6.07) is 23.6. The smallest absolute Gasteiger partial charge is 0.150 e. The third-order valence-electron chi connectivity index (χ3n) is 3.42. The highest BCUT2D eigenvalue weighted by Gasteiger charge is 2.14. The Kier molecular flexibility index (Phi) is 2.35. The SMILES string of the molecule is c1ccc2cc(-[n+]3csc4ccccc43)ccc2c1. The first-order valence-electron chi connectivity index (χ1n) is 6.29. The Hall–Kier alpha value is -2.19. The molecule has 0 amide bonds. The monoisotopic (exact) mass is 262 g/mol. The summed E-state index contributed by atoms with van der Waals surface area (Å²) in [4.78, 5) is 0. The number of para-hydroxylation sites is 1. The molecule has 1 heterocycles. The van der Waals surface area contributed by atoms with Gasteiger partial charge < -0.3 is 0 Å². The van der Waals surface area contributed by atoms with Gasteiger partial charge in [0.05, 0.1) is 0 Å². The lowest BCUT2D eigenvalue weighted by atomic mass is 10.1. The zero-order valence-corrected chi connectivity index (χ0v) is 11.1. The van der Waals surface area contributed by atoms with Crippen LogP contribution in [0.2, 0.25) is 0 Å². The van der Waals surface area contributed by atoms with Gasteiger partial charge in [0.25, 0.3) is 0 Å². The Morgan fingerprint density at radius 1 is 0.737 bits per heavy atom. The quantitative estimate of drug-likeness (QED) is 0.449. The maximum atomic E-state index is 2.26. The molecular formula is C17H12NS+. The van der Waals surface area contributed by atoms with E-state index in [1.807, 2.05) is 0 Å². The molecule has 90 valence electrons. The van der Waals surface area contributed by atoms with Gasteiger partial charge in [-0.1, -0.05) is 47.7 Å². The van der Waals surface area contributed by atoms with E-state index in [9.17, 15) is 0 Å². The number of thiazole rings is 1. The van der Waals surface area contributed by atoms with Crippen molar-refractivity contribution in [1.29, 1.82) is 0 Å². The number of nitrogens with zero attached hydrogens (tertiary/aromatic N) is 1. The minimum absolute atomic E-state index is 1.22. The molecule has 0 aliphatic rings. The minimum atomic E-state index is 1.22. The third kappa shape index (κ3) is 1.72. The first-order valence-corrected chi connectivity index (χ1v) is 7.17. The second kappa shape index (κ2) is 4.18. The molecule has 0 atom stereocenters. The molecular weight excluding hydrogens is 250 g/mol. The fourth-order valence-corrected chi connectivity index (χ4v) is 3.35. The molecule has 0 fully saturated rings. The van der Waals surface area contributed by atoms with Crippen molar-refractivity contribution in [3.63, 3.8) is 0 Å². The molecule has 0 bridgehead atoms. The summed E-state index contributed by atoms with van der Waals surface area (Å²) in [7, 11) is 0. The van der Waals surface area contributed by atoms with Gasteiger partial charge in [0, 0.05) is 18.2 Å². The molecule has 1 nitrogen and oxygen atoms in total. The normalized spacial score (nSPS) is 11.2. The van der Waals surface area contributed by atoms with Crippen molar-refractivity contribution in [1.82, 2.24) is 0 Å². The molecule has 0 spiro atoms. The molecule has 19 heavy (non-hydrogen) atoms. The van der Waals surface area contributed by atoms with E-state index in [1.165, 1.54) is 26.7 Å². The Morgan fingerprint density at radius 2 is 1.53 bits per heavy atom. The Morgan fingerprint density at radius 3 is 2.47 bits per heavy atom. The van der Waals surface area contributed by atoms with E-state index < -0.39 is 0 Å². The summed E-state index contributed by atoms with van der Waals surface area (Å²) in [5.41, 5.74) is 4.66. The molecule has 4 aromatic rings. The van der Waals surface area contributed by atoms with E-state index in [0.29, 0.717) is 0 Å². The number of hydrogen-bond donors (Lipinski definition) is 0. The van der Waals surface area contributed by atoms with Crippen molar-refractivity contribution in [3.05, 3.63) is 72.2 Å². The van der Waals surface area contributed by atoms with Crippen LogP contribution in [0.1, 0.15) is 0 Å². The summed E-state index contributed by atoms with van der Waals surface area (Å²) in [6.45, 7) is 0. The standard InChI is InChI=1S/C17H12NS/c1-2-6-14-11-15(10-9-13(14)5-1)18-12-19-17-8-4-3-7-16(17)18/h1-12H/q+1. The van der Waals surface area contributed by atoms with Gasteiger partial charge in [-0.25, -0.2) is 0 Å². The van der Waals surface area contributed by atoms with Crippen molar-refractivity contribution in [2.75, 3.05) is 0 Å². The first-order chi connectivity index (χ1) is 9.42. The fraction of sp³-hybridized carbons (Fsp3) is 0. The largest absolute Gasteiger partial charge is 0.231 e. The molecule has 4 rings (SSSR count). The Balaban J connectivity index is 1.99. The number of benzene rings is 3. The van der Waals surface area contributed by atoms with Crippen LogP contribution in [0.15, 0.2) is 72.2 Å². The van der Waals surface area contributed by atoms with Gasteiger partial charge in [0.15, 0.2) is 0 Å². The molecule has 0 N–H and O–H groups in total. The summed E-state index contributed by atoms with van der Waals surface area (Å²) in [5.74, 6) is 0. The summed E-state index contributed by atoms with van der Waals surface area (Å²) < 4.78 is 3.57. The molecule has 3 aromatic carbocycles. The van der Waals surface area contributed by atoms with E-state index in [0.717, 1.165) is 0 Å². The summed E-state index contributed by atoms with van der Waals surface area (Å²) in [6.07, 6.45) is 0. The molecule has 0 radical (unpaired) electrons. The van der Waals surface area contributed by atoms with Crippen molar-refractivity contribution in [2.45, 2.75) is 0 Å². The minimum Gasteiger partial charge on any atom is -0.150 e. The van der Waals surface area contributed by atoms with Crippen molar-refractivity contribution >= 4 is 32.3 Å². The van der Waals surface area contributed by atoms with Crippen LogP contribution in [-0.2, 0) is 0 Å². The van der Waals surface area contributed by atoms with Gasteiger partial charge in [-0.05, 0) is 22.9 Å². The number of hydrogen-bond acceptors (Lipinski definition) is 1. The molecule has 0 saturated carbocycles. The van der Waals surface area contributed by atoms with Gasteiger partial charge in [-0.3, -0.25) is 0 Å². The van der Waals surface area contributed by atoms with Crippen LogP contribution in [0.3, 0.4) is 0 Å². The summed E-state index contributed by atoms with van der Waals surface area (Å²) in [5, 5.41) is 2.56. The molecule has 0 aliphatic heterocycles. The van der Waals surface area contributed by atoms with E-state index in [1.54, 1.807) is 11.3 Å². The van der Waals surface area contributed by atoms with Crippen LogP contribution >= 0.6 is 11.3 Å². The van der Waals surface area contributed by atoms with Gasteiger partial charge in [-0.2, -0.15) is 0 Å². The van der Waals surface area contributed by atoms with Gasteiger partial charge in [0.2, 0.25) is 16.7 Å². The highest BCUT2D eigenvalue weighted by atomic mass is 32.1. The predicted octanol–water partition coefficient (Wildman–Crippen LogP) is 4.33. The Bertz CT molecular complexity index is 876. The molecule has 1 aromatic heterocycles. The fourth-order valence-electron chi connectivity index (χ4n) is 2.45. The zero-order chi connectivity index (χ0) is 12.7. The topological polar surface area (TPSA) is 3.88 Å². The van der Waals surface area contributed by atoms with Gasteiger partial charge in [-0.15, -0.1) is 4.57 Å². The number of aromatic nitrogens is 1. The highest BCUT2D eigenvalue weighted by Crippen LogP contribution is 2.20. The van der Waals surface area contributed by atoms with Gasteiger partial charge in [0.1, 0.15) is 4.70 Å². The van der Waals surface area contributed by atoms with Crippen molar-refractivity contribution < 1.29 is 4.57 Å². The van der Waals surface area contributed by atoms with Crippen LogP contribution in [0.4, 0.5) is 0 Å². The van der Waals surface area contributed by atoms with Gasteiger partial charge >= 0.3 is 0 Å². The maximum absolute atomic E-state index is 2.26. The molecule has 0 aliphatic carbocycles. The van der Waals surface area contributed by atoms with Crippen LogP contribution in [0.25, 0.3) is 26.7 Å². The van der Waals surface area contributed by atoms with Crippen LogP contribution in [0.5, 0.6) is 0 Å². The highest BCUT2D eigenvalue weighted by molar-refractivity contribution is 7.16. The van der Waals surface area contributed by atoms with E-state index in [4.69, 9.17) is 0 Å². The van der Waals surface area contributed by atoms with Crippen LogP contribution < -0.4 is 4.57 Å². The average molecular weight is 262 g/mol. The number of rotatable bonds is 1. The second-order valence-corrected chi connectivity index (χ2v) is 5.48. The van der Waals surface area contributed by atoms with Crippen molar-refractivity contribution in [3.8, 4) is 5.69 Å². The van der Waals surface area contributed by atoms with Crippen LogP contribution in [0, 0.1) is 0 Å². The van der Waals surface area contributed by atoms with E-state index >= 15 is 0 Å². The van der Waals surface area contributed by atoms with E-state index in [2.05, 4.69) is 76.8 Å². The Labute approximate surface area is 115 Å². The average Bonchev–Trinajstić information content (AvgIpc) is 2.91. The number of fused-ring (bicyclic) bond motifs is 2. The molecule has 0 saturated heterocycles. The lowest BCUT2D eigenvalue weighted by molar-refractivity contribution is -0.562. The second-order valence-electron chi connectivity index (χ2n) is 4.59. The first kappa shape index (κ1) is 10.7. The van der Waals surface area contributed by atoms with E-state index in [-0.39, 0.29) is 0 Å².